The summed E-state index contributed by atoms with van der Waals surface area (Å²) >= 11 is 0. The zero-order valence-electron chi connectivity index (χ0n) is 13.0. The Morgan fingerprint density at radius 2 is 2.05 bits per heavy atom. The Labute approximate surface area is 134 Å². The molecular weight excluding hydrogens is 284 g/mol. The van der Waals surface area contributed by atoms with Crippen LogP contribution in [0, 0.1) is 5.92 Å². The molecule has 4 heteroatoms. The Bertz CT molecular complexity index is 447. The van der Waals surface area contributed by atoms with Gasteiger partial charge in [-0.2, -0.15) is 0 Å². The molecule has 118 valence electrons. The molecule has 0 aliphatic carbocycles. The number of likely N-dealkylation sites (tertiary alicyclic amines) is 1. The molecule has 1 saturated heterocycles. The molecule has 0 radical (unpaired) electrons. The molecule has 0 bridgehead atoms. The van der Waals surface area contributed by atoms with E-state index < -0.39 is 0 Å². The largest absolute Gasteiger partial charge is 0.342 e. The third-order valence-corrected chi connectivity index (χ3v) is 4.41. The summed E-state index contributed by atoms with van der Waals surface area (Å²) in [5.74, 6) is 1.05. The van der Waals surface area contributed by atoms with Crippen molar-refractivity contribution < 1.29 is 4.79 Å². The summed E-state index contributed by atoms with van der Waals surface area (Å²) in [6.07, 6.45) is 2.71. The number of benzene rings is 1. The quantitative estimate of drug-likeness (QED) is 0.909. The lowest BCUT2D eigenvalue weighted by Gasteiger charge is -2.19. The van der Waals surface area contributed by atoms with Crippen LogP contribution in [-0.4, -0.2) is 30.4 Å². The van der Waals surface area contributed by atoms with Crippen molar-refractivity contribution in [2.75, 3.05) is 19.6 Å². The van der Waals surface area contributed by atoms with E-state index in [0.29, 0.717) is 18.9 Å². The van der Waals surface area contributed by atoms with Gasteiger partial charge in [0.15, 0.2) is 0 Å². The van der Waals surface area contributed by atoms with Crippen LogP contribution in [0.4, 0.5) is 0 Å². The van der Waals surface area contributed by atoms with Crippen molar-refractivity contribution >= 4 is 18.3 Å². The lowest BCUT2D eigenvalue weighted by Crippen LogP contribution is -2.30. The summed E-state index contributed by atoms with van der Waals surface area (Å²) in [6.45, 7) is 6.70. The van der Waals surface area contributed by atoms with Crippen molar-refractivity contribution in [2.45, 2.75) is 39.0 Å². The molecule has 2 atom stereocenters. The number of carbonyl (C=O) groups excluding carboxylic acids is 1. The van der Waals surface area contributed by atoms with Crippen molar-refractivity contribution in [3.05, 3.63) is 35.4 Å². The highest BCUT2D eigenvalue weighted by molar-refractivity contribution is 5.85. The van der Waals surface area contributed by atoms with E-state index in [2.05, 4.69) is 38.1 Å². The van der Waals surface area contributed by atoms with Crippen molar-refractivity contribution in [3.8, 4) is 0 Å². The number of hydrogen-bond donors (Lipinski definition) is 1. The SMILES string of the molecule is CCc1ccc(C(C)CC(=O)N2CCC(CN)C2)cc1.Cl. The van der Waals surface area contributed by atoms with Crippen molar-refractivity contribution in [3.63, 3.8) is 0 Å². The number of aryl methyl sites for hydroxylation is 1. The van der Waals surface area contributed by atoms with Crippen LogP contribution in [-0.2, 0) is 11.2 Å². The molecule has 1 aliphatic rings. The lowest BCUT2D eigenvalue weighted by atomic mass is 9.96. The highest BCUT2D eigenvalue weighted by Crippen LogP contribution is 2.23. The minimum atomic E-state index is 0. The van der Waals surface area contributed by atoms with Crippen LogP contribution in [0.3, 0.4) is 0 Å². The number of halogens is 1. The van der Waals surface area contributed by atoms with Crippen LogP contribution >= 0.6 is 12.4 Å². The van der Waals surface area contributed by atoms with Crippen LogP contribution < -0.4 is 5.73 Å². The second-order valence-corrected chi connectivity index (χ2v) is 5.93. The molecule has 1 aromatic carbocycles. The zero-order chi connectivity index (χ0) is 14.5. The van der Waals surface area contributed by atoms with Crippen molar-refractivity contribution in [1.29, 1.82) is 0 Å². The van der Waals surface area contributed by atoms with E-state index in [4.69, 9.17) is 5.73 Å². The van der Waals surface area contributed by atoms with Gasteiger partial charge in [0, 0.05) is 19.5 Å². The monoisotopic (exact) mass is 310 g/mol. The molecule has 21 heavy (non-hydrogen) atoms. The highest BCUT2D eigenvalue weighted by atomic mass is 35.5. The molecule has 1 aromatic rings. The summed E-state index contributed by atoms with van der Waals surface area (Å²) in [6, 6.07) is 8.64. The fourth-order valence-corrected chi connectivity index (χ4v) is 2.84. The summed E-state index contributed by atoms with van der Waals surface area (Å²) in [5.41, 5.74) is 8.28. The van der Waals surface area contributed by atoms with Crippen LogP contribution in [0.15, 0.2) is 24.3 Å². The van der Waals surface area contributed by atoms with Gasteiger partial charge in [0.25, 0.3) is 0 Å². The summed E-state index contributed by atoms with van der Waals surface area (Å²) in [5, 5.41) is 0. The first kappa shape index (κ1) is 18.0. The second-order valence-electron chi connectivity index (χ2n) is 5.93. The molecule has 0 aromatic heterocycles. The number of nitrogens with zero attached hydrogens (tertiary/aromatic N) is 1. The molecule has 3 nitrogen and oxygen atoms in total. The van der Waals surface area contributed by atoms with Crippen LogP contribution in [0.2, 0.25) is 0 Å². The topological polar surface area (TPSA) is 46.3 Å². The third kappa shape index (κ3) is 4.72. The van der Waals surface area contributed by atoms with Gasteiger partial charge in [-0.25, -0.2) is 0 Å². The van der Waals surface area contributed by atoms with Crippen LogP contribution in [0.25, 0.3) is 0 Å². The van der Waals surface area contributed by atoms with Gasteiger partial charge in [-0.15, -0.1) is 12.4 Å². The van der Waals surface area contributed by atoms with Gasteiger partial charge in [-0.1, -0.05) is 38.1 Å². The molecule has 0 saturated carbocycles. The van der Waals surface area contributed by atoms with Gasteiger partial charge in [-0.3, -0.25) is 4.79 Å². The Kier molecular flexibility index (Phi) is 7.20. The molecule has 1 heterocycles. The fraction of sp³-hybridized carbons (Fsp3) is 0.588. The van der Waals surface area contributed by atoms with E-state index in [1.165, 1.54) is 11.1 Å². The Balaban J connectivity index is 0.00000220. The molecule has 2 unspecified atom stereocenters. The minimum absolute atomic E-state index is 0. The number of carbonyl (C=O) groups is 1. The summed E-state index contributed by atoms with van der Waals surface area (Å²) in [4.78, 5) is 14.3. The zero-order valence-corrected chi connectivity index (χ0v) is 13.9. The number of amides is 1. The van der Waals surface area contributed by atoms with Gasteiger partial charge in [0.2, 0.25) is 5.91 Å². The van der Waals surface area contributed by atoms with Crippen LogP contribution in [0.5, 0.6) is 0 Å². The first-order chi connectivity index (χ1) is 9.63. The van der Waals surface area contributed by atoms with E-state index in [1.54, 1.807) is 0 Å². The number of hydrogen-bond acceptors (Lipinski definition) is 2. The van der Waals surface area contributed by atoms with E-state index in [9.17, 15) is 4.79 Å². The average Bonchev–Trinajstić information content (AvgIpc) is 2.96. The summed E-state index contributed by atoms with van der Waals surface area (Å²) in [7, 11) is 0. The Morgan fingerprint density at radius 3 is 2.57 bits per heavy atom. The number of nitrogens with two attached hydrogens (primary N) is 1. The van der Waals surface area contributed by atoms with Crippen molar-refractivity contribution in [2.24, 2.45) is 11.7 Å². The lowest BCUT2D eigenvalue weighted by molar-refractivity contribution is -0.130. The maximum absolute atomic E-state index is 12.3. The molecule has 0 spiro atoms. The maximum Gasteiger partial charge on any atom is 0.223 e. The Morgan fingerprint density at radius 1 is 1.38 bits per heavy atom. The normalized spacial score (nSPS) is 19.2. The first-order valence-electron chi connectivity index (χ1n) is 7.70. The minimum Gasteiger partial charge on any atom is -0.342 e. The Hall–Kier alpha value is -1.06. The fourth-order valence-electron chi connectivity index (χ4n) is 2.84. The smallest absolute Gasteiger partial charge is 0.223 e. The van der Waals surface area contributed by atoms with Crippen molar-refractivity contribution in [1.82, 2.24) is 4.90 Å². The number of rotatable bonds is 5. The third-order valence-electron chi connectivity index (χ3n) is 4.41. The molecule has 1 amide bonds. The summed E-state index contributed by atoms with van der Waals surface area (Å²) < 4.78 is 0. The molecule has 1 aliphatic heterocycles. The van der Waals surface area contributed by atoms with Gasteiger partial charge in [-0.05, 0) is 42.3 Å². The highest BCUT2D eigenvalue weighted by Gasteiger charge is 2.26. The van der Waals surface area contributed by atoms with E-state index in [-0.39, 0.29) is 24.2 Å². The predicted molar refractivity (Wildman–Crippen MR) is 89.8 cm³/mol. The van der Waals surface area contributed by atoms with Gasteiger partial charge < -0.3 is 10.6 Å². The average molecular weight is 311 g/mol. The predicted octanol–water partition coefficient (Wildman–Crippen LogP) is 2.97. The molecule has 1 fully saturated rings. The van der Waals surface area contributed by atoms with Gasteiger partial charge in [0.05, 0.1) is 0 Å². The van der Waals surface area contributed by atoms with Crippen LogP contribution in [0.1, 0.15) is 43.7 Å². The molecule has 2 N–H and O–H groups in total. The molecular formula is C17H27ClN2O. The van der Waals surface area contributed by atoms with Gasteiger partial charge >= 0.3 is 0 Å². The standard InChI is InChI=1S/C17H26N2O.ClH/c1-3-14-4-6-16(7-5-14)13(2)10-17(20)19-9-8-15(11-18)12-19;/h4-7,13,15H,3,8-12,18H2,1-2H3;1H. The maximum atomic E-state index is 12.3. The molecule has 2 rings (SSSR count). The van der Waals surface area contributed by atoms with E-state index >= 15 is 0 Å². The van der Waals surface area contributed by atoms with E-state index in [0.717, 1.165) is 25.9 Å². The van der Waals surface area contributed by atoms with E-state index in [1.807, 2.05) is 4.90 Å². The first-order valence-corrected chi connectivity index (χ1v) is 7.70. The second kappa shape index (κ2) is 8.40. The van der Waals surface area contributed by atoms with Gasteiger partial charge in [0.1, 0.15) is 0 Å².